The van der Waals surface area contributed by atoms with E-state index >= 15 is 0 Å². The minimum Gasteiger partial charge on any atom is -0.375 e. The monoisotopic (exact) mass is 204 g/mol. The summed E-state index contributed by atoms with van der Waals surface area (Å²) >= 11 is 0. The van der Waals surface area contributed by atoms with Crippen molar-refractivity contribution in [3.05, 3.63) is 42.3 Å². The van der Waals surface area contributed by atoms with Crippen LogP contribution in [-0.4, -0.2) is 19.3 Å². The van der Waals surface area contributed by atoms with E-state index in [1.165, 1.54) is 5.56 Å². The SMILES string of the molecule is [C]1CCCOC1COCc1ccccc1. The highest BCUT2D eigenvalue weighted by atomic mass is 16.5. The molecule has 80 valence electrons. The normalized spacial score (nSPS) is 21.5. The van der Waals surface area contributed by atoms with Crippen LogP contribution in [0.3, 0.4) is 0 Å². The zero-order valence-corrected chi connectivity index (χ0v) is 8.82. The first kappa shape index (κ1) is 10.7. The Morgan fingerprint density at radius 1 is 1.33 bits per heavy atom. The molecule has 0 saturated carbocycles. The molecular weight excluding hydrogens is 188 g/mol. The van der Waals surface area contributed by atoms with E-state index in [4.69, 9.17) is 9.47 Å². The first-order valence-corrected chi connectivity index (χ1v) is 5.42. The first-order chi connectivity index (χ1) is 7.45. The van der Waals surface area contributed by atoms with E-state index in [1.54, 1.807) is 0 Å². The lowest BCUT2D eigenvalue weighted by Crippen LogP contribution is -2.24. The minimum atomic E-state index is 0.0717. The highest BCUT2D eigenvalue weighted by Gasteiger charge is 2.14. The molecule has 1 aromatic rings. The van der Waals surface area contributed by atoms with E-state index in [0.717, 1.165) is 19.4 Å². The van der Waals surface area contributed by atoms with Crippen molar-refractivity contribution in [3.8, 4) is 0 Å². The third-order valence-electron chi connectivity index (χ3n) is 2.39. The lowest BCUT2D eigenvalue weighted by molar-refractivity contribution is -0.0203. The molecule has 0 aromatic heterocycles. The van der Waals surface area contributed by atoms with Gasteiger partial charge in [-0.3, -0.25) is 0 Å². The second-order valence-corrected chi connectivity index (χ2v) is 3.67. The molecule has 2 rings (SSSR count). The molecule has 1 aliphatic rings. The van der Waals surface area contributed by atoms with Gasteiger partial charge in [-0.1, -0.05) is 30.3 Å². The zero-order chi connectivity index (χ0) is 10.3. The van der Waals surface area contributed by atoms with Crippen molar-refractivity contribution in [1.82, 2.24) is 0 Å². The highest BCUT2D eigenvalue weighted by molar-refractivity contribution is 5.13. The molecule has 1 heterocycles. The topological polar surface area (TPSA) is 18.5 Å². The molecule has 0 amide bonds. The van der Waals surface area contributed by atoms with Crippen molar-refractivity contribution in [1.29, 1.82) is 0 Å². The summed E-state index contributed by atoms with van der Waals surface area (Å²) in [6.45, 7) is 2.11. The first-order valence-electron chi connectivity index (χ1n) is 5.42. The molecule has 2 heteroatoms. The van der Waals surface area contributed by atoms with Gasteiger partial charge in [-0.25, -0.2) is 0 Å². The summed E-state index contributed by atoms with van der Waals surface area (Å²) in [6, 6.07) is 10.2. The predicted molar refractivity (Wildman–Crippen MR) is 58.3 cm³/mol. The number of hydrogen-bond donors (Lipinski definition) is 0. The molecule has 0 spiro atoms. The van der Waals surface area contributed by atoms with E-state index in [-0.39, 0.29) is 6.10 Å². The predicted octanol–water partition coefficient (Wildman–Crippen LogP) is 2.46. The van der Waals surface area contributed by atoms with E-state index in [9.17, 15) is 0 Å². The van der Waals surface area contributed by atoms with Gasteiger partial charge in [-0.15, -0.1) is 0 Å². The van der Waals surface area contributed by atoms with Crippen LogP contribution >= 0.6 is 0 Å². The van der Waals surface area contributed by atoms with E-state index < -0.39 is 0 Å². The van der Waals surface area contributed by atoms with Gasteiger partial charge in [0.15, 0.2) is 0 Å². The molecule has 1 aromatic carbocycles. The Bertz CT molecular complexity index is 265. The zero-order valence-electron chi connectivity index (χ0n) is 8.82. The Balaban J connectivity index is 1.66. The largest absolute Gasteiger partial charge is 0.375 e. The van der Waals surface area contributed by atoms with Crippen molar-refractivity contribution in [2.24, 2.45) is 0 Å². The van der Waals surface area contributed by atoms with Crippen LogP contribution in [-0.2, 0) is 16.1 Å². The summed E-state index contributed by atoms with van der Waals surface area (Å²) in [5.41, 5.74) is 1.20. The van der Waals surface area contributed by atoms with Crippen LogP contribution in [0.5, 0.6) is 0 Å². The maximum atomic E-state index is 5.57. The average Bonchev–Trinajstić information content (AvgIpc) is 2.32. The molecule has 2 radical (unpaired) electrons. The highest BCUT2D eigenvalue weighted by Crippen LogP contribution is 2.12. The molecule has 0 N–H and O–H groups in total. The molecule has 1 aliphatic heterocycles. The Labute approximate surface area is 91.2 Å². The van der Waals surface area contributed by atoms with E-state index in [0.29, 0.717) is 13.2 Å². The molecule has 15 heavy (non-hydrogen) atoms. The van der Waals surface area contributed by atoms with Gasteiger partial charge in [0.1, 0.15) is 0 Å². The molecule has 1 saturated heterocycles. The smallest absolute Gasteiger partial charge is 0.0877 e. The van der Waals surface area contributed by atoms with Crippen molar-refractivity contribution < 1.29 is 9.47 Å². The Morgan fingerprint density at radius 3 is 2.93 bits per heavy atom. The molecule has 0 aliphatic carbocycles. The van der Waals surface area contributed by atoms with Crippen molar-refractivity contribution in [3.63, 3.8) is 0 Å². The van der Waals surface area contributed by atoms with Gasteiger partial charge in [0.2, 0.25) is 0 Å². The van der Waals surface area contributed by atoms with Gasteiger partial charge < -0.3 is 9.47 Å². The van der Waals surface area contributed by atoms with Crippen molar-refractivity contribution in [2.75, 3.05) is 13.2 Å². The standard InChI is InChI=1S/C13H16O2/c1-2-6-12(7-3-1)10-14-11-13-8-4-5-9-15-13/h1-3,6-7,13H,4-5,9-11H2. The van der Waals surface area contributed by atoms with Gasteiger partial charge in [0, 0.05) is 13.0 Å². The van der Waals surface area contributed by atoms with Crippen LogP contribution in [0.1, 0.15) is 18.4 Å². The Kier molecular flexibility index (Phi) is 4.18. The second kappa shape index (κ2) is 5.89. The maximum Gasteiger partial charge on any atom is 0.0877 e. The number of rotatable bonds is 4. The molecule has 0 bridgehead atoms. The molecule has 2 nitrogen and oxygen atoms in total. The van der Waals surface area contributed by atoms with Crippen LogP contribution in [0.4, 0.5) is 0 Å². The van der Waals surface area contributed by atoms with Crippen molar-refractivity contribution >= 4 is 0 Å². The maximum absolute atomic E-state index is 5.57. The average molecular weight is 204 g/mol. The minimum absolute atomic E-state index is 0.0717. The molecule has 1 fully saturated rings. The van der Waals surface area contributed by atoms with Crippen LogP contribution in [0.15, 0.2) is 30.3 Å². The number of ether oxygens (including phenoxy) is 2. The third kappa shape index (κ3) is 3.65. The van der Waals surface area contributed by atoms with Crippen LogP contribution in [0.2, 0.25) is 0 Å². The molecular formula is C13H16O2. The van der Waals surface area contributed by atoms with Gasteiger partial charge in [-0.2, -0.15) is 0 Å². The molecule has 1 atom stereocenters. The second-order valence-electron chi connectivity index (χ2n) is 3.67. The number of benzene rings is 1. The number of hydrogen-bond acceptors (Lipinski definition) is 2. The summed E-state index contributed by atoms with van der Waals surface area (Å²) in [4.78, 5) is 0. The summed E-state index contributed by atoms with van der Waals surface area (Å²) in [6.07, 6.45) is 5.45. The van der Waals surface area contributed by atoms with E-state index in [1.807, 2.05) is 18.2 Å². The van der Waals surface area contributed by atoms with Crippen LogP contribution < -0.4 is 0 Å². The quantitative estimate of drug-likeness (QED) is 0.750. The van der Waals surface area contributed by atoms with Gasteiger partial charge in [0.05, 0.1) is 19.3 Å². The lowest BCUT2D eigenvalue weighted by atomic mass is 10.1. The Morgan fingerprint density at radius 2 is 2.20 bits per heavy atom. The van der Waals surface area contributed by atoms with Gasteiger partial charge in [-0.05, 0) is 18.4 Å². The lowest BCUT2D eigenvalue weighted by Gasteiger charge is -2.21. The fourth-order valence-corrected chi connectivity index (χ4v) is 1.58. The Hall–Kier alpha value is -0.860. The summed E-state index contributed by atoms with van der Waals surface area (Å²) in [5.74, 6) is 0. The van der Waals surface area contributed by atoms with Crippen LogP contribution in [0.25, 0.3) is 0 Å². The molecule has 1 unspecified atom stereocenters. The van der Waals surface area contributed by atoms with Crippen molar-refractivity contribution in [2.45, 2.75) is 25.6 Å². The van der Waals surface area contributed by atoms with Gasteiger partial charge in [0.25, 0.3) is 0 Å². The summed E-state index contributed by atoms with van der Waals surface area (Å²) in [5, 5.41) is 0. The van der Waals surface area contributed by atoms with Gasteiger partial charge >= 0.3 is 0 Å². The summed E-state index contributed by atoms with van der Waals surface area (Å²) < 4.78 is 11.1. The van der Waals surface area contributed by atoms with Crippen LogP contribution in [0, 0.1) is 6.42 Å². The third-order valence-corrected chi connectivity index (χ3v) is 2.39. The summed E-state index contributed by atoms with van der Waals surface area (Å²) in [7, 11) is 0. The van der Waals surface area contributed by atoms with E-state index in [2.05, 4.69) is 18.6 Å². The fraction of sp³-hybridized carbons (Fsp3) is 0.462. The fourth-order valence-electron chi connectivity index (χ4n) is 1.58.